The second kappa shape index (κ2) is 7.93. The molecule has 6 nitrogen and oxygen atoms in total. The van der Waals surface area contributed by atoms with Crippen LogP contribution in [-0.2, 0) is 11.3 Å². The number of rotatable bonds is 7. The third-order valence-electron chi connectivity index (χ3n) is 4.06. The molecule has 0 atom stereocenters. The van der Waals surface area contributed by atoms with Crippen molar-refractivity contribution in [1.82, 2.24) is 5.32 Å². The minimum absolute atomic E-state index is 0.0371. The predicted octanol–water partition coefficient (Wildman–Crippen LogP) is 3.40. The molecule has 2 aromatic carbocycles. The van der Waals surface area contributed by atoms with Crippen molar-refractivity contribution in [2.24, 2.45) is 0 Å². The molecule has 136 valence electrons. The normalized spacial score (nSPS) is 10.8. The van der Waals surface area contributed by atoms with Crippen molar-refractivity contribution in [2.45, 2.75) is 13.5 Å². The average molecular weight is 355 g/mol. The van der Waals surface area contributed by atoms with Crippen LogP contribution in [0.3, 0.4) is 0 Å². The summed E-state index contributed by atoms with van der Waals surface area (Å²) < 4.78 is 16.2. The number of carbonyl (C=O) groups is 1. The molecule has 0 spiro atoms. The van der Waals surface area contributed by atoms with Crippen LogP contribution < -0.4 is 10.1 Å². The number of phenols is 1. The summed E-state index contributed by atoms with van der Waals surface area (Å²) in [6, 6.07) is 12.2. The molecular formula is C20H21NO5. The van der Waals surface area contributed by atoms with Gasteiger partial charge < -0.3 is 24.3 Å². The maximum atomic E-state index is 12.4. The van der Waals surface area contributed by atoms with E-state index in [1.165, 1.54) is 12.1 Å². The summed E-state index contributed by atoms with van der Waals surface area (Å²) in [4.78, 5) is 12.4. The van der Waals surface area contributed by atoms with Gasteiger partial charge in [0.1, 0.15) is 29.4 Å². The summed E-state index contributed by atoms with van der Waals surface area (Å²) in [5, 5.41) is 13.7. The third-order valence-corrected chi connectivity index (χ3v) is 4.06. The number of nitrogens with one attached hydrogen (secondary N) is 1. The van der Waals surface area contributed by atoms with E-state index in [2.05, 4.69) is 5.32 Å². The summed E-state index contributed by atoms with van der Waals surface area (Å²) in [5.41, 5.74) is 2.10. The lowest BCUT2D eigenvalue weighted by Crippen LogP contribution is -2.23. The Balaban J connectivity index is 1.70. The molecule has 0 radical (unpaired) electrons. The predicted molar refractivity (Wildman–Crippen MR) is 97.6 cm³/mol. The Bertz CT molecular complexity index is 916. The Morgan fingerprint density at radius 3 is 2.77 bits per heavy atom. The van der Waals surface area contributed by atoms with Crippen molar-refractivity contribution in [2.75, 3.05) is 20.3 Å². The van der Waals surface area contributed by atoms with E-state index in [1.54, 1.807) is 13.2 Å². The molecule has 6 heteroatoms. The number of aromatic hydroxyl groups is 1. The number of para-hydroxylation sites is 1. The molecule has 0 saturated heterocycles. The Kier molecular flexibility index (Phi) is 5.43. The van der Waals surface area contributed by atoms with Crippen LogP contribution in [0.15, 0.2) is 46.9 Å². The van der Waals surface area contributed by atoms with Crippen LogP contribution in [0.4, 0.5) is 0 Å². The molecule has 0 aliphatic carbocycles. The Labute approximate surface area is 151 Å². The summed E-state index contributed by atoms with van der Waals surface area (Å²) in [5.74, 6) is 0.755. The van der Waals surface area contributed by atoms with Crippen LogP contribution in [0.25, 0.3) is 11.0 Å². The van der Waals surface area contributed by atoms with E-state index in [1.807, 2.05) is 31.2 Å². The number of methoxy groups -OCH3 is 1. The topological polar surface area (TPSA) is 80.9 Å². The second-order valence-corrected chi connectivity index (χ2v) is 5.89. The van der Waals surface area contributed by atoms with Crippen molar-refractivity contribution >= 4 is 16.9 Å². The van der Waals surface area contributed by atoms with Gasteiger partial charge >= 0.3 is 0 Å². The number of furan rings is 1. The van der Waals surface area contributed by atoms with Crippen LogP contribution in [0.1, 0.15) is 21.7 Å². The van der Waals surface area contributed by atoms with Crippen LogP contribution in [-0.4, -0.2) is 31.3 Å². The SMILES string of the molecule is COCCOc1cc(O)cc(C(=O)NCc2oc3ccccc3c2C)c1. The molecular weight excluding hydrogens is 334 g/mol. The van der Waals surface area contributed by atoms with Gasteiger partial charge in [-0.3, -0.25) is 4.79 Å². The number of aryl methyl sites for hydroxylation is 1. The molecule has 0 saturated carbocycles. The lowest BCUT2D eigenvalue weighted by molar-refractivity contribution is 0.0947. The molecule has 26 heavy (non-hydrogen) atoms. The van der Waals surface area contributed by atoms with Crippen LogP contribution in [0.2, 0.25) is 0 Å². The fraction of sp³-hybridized carbons (Fsp3) is 0.250. The second-order valence-electron chi connectivity index (χ2n) is 5.89. The smallest absolute Gasteiger partial charge is 0.251 e. The van der Waals surface area contributed by atoms with Gasteiger partial charge in [0.2, 0.25) is 0 Å². The molecule has 0 aliphatic heterocycles. The number of carbonyl (C=O) groups excluding carboxylic acids is 1. The van der Waals surface area contributed by atoms with E-state index < -0.39 is 0 Å². The number of benzene rings is 2. The Morgan fingerprint density at radius 2 is 2.00 bits per heavy atom. The van der Waals surface area contributed by atoms with Crippen LogP contribution >= 0.6 is 0 Å². The number of hydrogen-bond acceptors (Lipinski definition) is 5. The molecule has 0 aliphatic rings. The molecule has 0 bridgehead atoms. The molecule has 3 rings (SSSR count). The summed E-state index contributed by atoms with van der Waals surface area (Å²) in [7, 11) is 1.57. The maximum absolute atomic E-state index is 12.4. The highest BCUT2D eigenvalue weighted by Crippen LogP contribution is 2.25. The first-order valence-corrected chi connectivity index (χ1v) is 8.29. The number of hydrogen-bond donors (Lipinski definition) is 2. The first-order valence-electron chi connectivity index (χ1n) is 8.29. The van der Waals surface area contributed by atoms with E-state index in [0.717, 1.165) is 16.5 Å². The van der Waals surface area contributed by atoms with Gasteiger partial charge in [0.05, 0.1) is 13.2 Å². The molecule has 0 fully saturated rings. The van der Waals surface area contributed by atoms with Crippen molar-refractivity contribution in [3.05, 3.63) is 59.4 Å². The molecule has 2 N–H and O–H groups in total. The van der Waals surface area contributed by atoms with Gasteiger partial charge in [-0.15, -0.1) is 0 Å². The molecule has 1 heterocycles. The quantitative estimate of drug-likeness (QED) is 0.635. The highest BCUT2D eigenvalue weighted by Gasteiger charge is 2.13. The number of amides is 1. The summed E-state index contributed by atoms with van der Waals surface area (Å²) >= 11 is 0. The molecule has 1 amide bonds. The molecule has 3 aromatic rings. The van der Waals surface area contributed by atoms with Gasteiger partial charge in [0.15, 0.2) is 0 Å². The minimum atomic E-state index is -0.322. The zero-order chi connectivity index (χ0) is 18.5. The minimum Gasteiger partial charge on any atom is -0.508 e. The number of fused-ring (bicyclic) bond motifs is 1. The van der Waals surface area contributed by atoms with Gasteiger partial charge in [0.25, 0.3) is 5.91 Å². The molecule has 0 unspecified atom stereocenters. The first-order chi connectivity index (χ1) is 12.6. The Morgan fingerprint density at radius 1 is 1.19 bits per heavy atom. The van der Waals surface area contributed by atoms with E-state index in [-0.39, 0.29) is 18.2 Å². The van der Waals surface area contributed by atoms with Crippen molar-refractivity contribution in [1.29, 1.82) is 0 Å². The van der Waals surface area contributed by atoms with Crippen LogP contribution in [0, 0.1) is 6.92 Å². The lowest BCUT2D eigenvalue weighted by atomic mass is 10.1. The number of ether oxygens (including phenoxy) is 2. The van der Waals surface area contributed by atoms with Gasteiger partial charge in [0, 0.05) is 29.7 Å². The third kappa shape index (κ3) is 3.97. The average Bonchev–Trinajstić information content (AvgIpc) is 2.96. The van der Waals surface area contributed by atoms with Gasteiger partial charge in [-0.05, 0) is 25.1 Å². The van der Waals surface area contributed by atoms with Crippen LogP contribution in [0.5, 0.6) is 11.5 Å². The maximum Gasteiger partial charge on any atom is 0.251 e. The van der Waals surface area contributed by atoms with Crippen molar-refractivity contribution < 1.29 is 23.8 Å². The van der Waals surface area contributed by atoms with Crippen molar-refractivity contribution in [3.63, 3.8) is 0 Å². The van der Waals surface area contributed by atoms with Gasteiger partial charge in [-0.1, -0.05) is 18.2 Å². The standard InChI is InChI=1S/C20H21NO5/c1-13-17-5-3-4-6-18(17)26-19(13)12-21-20(23)14-9-15(22)11-16(10-14)25-8-7-24-2/h3-6,9-11,22H,7-8,12H2,1-2H3,(H,21,23). The zero-order valence-electron chi connectivity index (χ0n) is 14.7. The van der Waals surface area contributed by atoms with Gasteiger partial charge in [-0.25, -0.2) is 0 Å². The van der Waals surface area contributed by atoms with E-state index in [0.29, 0.717) is 30.3 Å². The first kappa shape index (κ1) is 17.8. The monoisotopic (exact) mass is 355 g/mol. The van der Waals surface area contributed by atoms with E-state index in [9.17, 15) is 9.90 Å². The fourth-order valence-corrected chi connectivity index (χ4v) is 2.70. The highest BCUT2D eigenvalue weighted by molar-refractivity contribution is 5.95. The number of phenolic OH excluding ortho intramolecular Hbond substituents is 1. The zero-order valence-corrected chi connectivity index (χ0v) is 14.7. The highest BCUT2D eigenvalue weighted by atomic mass is 16.5. The summed E-state index contributed by atoms with van der Waals surface area (Å²) in [6.45, 7) is 2.97. The van der Waals surface area contributed by atoms with E-state index >= 15 is 0 Å². The molecule has 1 aromatic heterocycles. The summed E-state index contributed by atoms with van der Waals surface area (Å²) in [6.07, 6.45) is 0. The fourth-order valence-electron chi connectivity index (χ4n) is 2.70. The lowest BCUT2D eigenvalue weighted by Gasteiger charge is -2.09. The van der Waals surface area contributed by atoms with Crippen molar-refractivity contribution in [3.8, 4) is 11.5 Å². The van der Waals surface area contributed by atoms with Gasteiger partial charge in [-0.2, -0.15) is 0 Å². The van der Waals surface area contributed by atoms with E-state index in [4.69, 9.17) is 13.9 Å². The Hall–Kier alpha value is -2.99. The largest absolute Gasteiger partial charge is 0.508 e.